The number of likely N-dealkylation sites (N-methyl/N-ethyl adjacent to an activating group) is 1. The Kier molecular flexibility index (Phi) is 6.77. The van der Waals surface area contributed by atoms with Crippen LogP contribution in [-0.2, 0) is 9.53 Å². The highest BCUT2D eigenvalue weighted by molar-refractivity contribution is 6.30. The lowest BCUT2D eigenvalue weighted by atomic mass is 10.2. The second kappa shape index (κ2) is 9.03. The van der Waals surface area contributed by atoms with Gasteiger partial charge in [0.2, 0.25) is 0 Å². The fourth-order valence-electron chi connectivity index (χ4n) is 1.87. The summed E-state index contributed by atoms with van der Waals surface area (Å²) in [7, 11) is 1.62. The van der Waals surface area contributed by atoms with Gasteiger partial charge >= 0.3 is 5.97 Å². The molecule has 0 unspecified atom stereocenters. The number of amides is 1. The van der Waals surface area contributed by atoms with Crippen molar-refractivity contribution in [2.45, 2.75) is 6.92 Å². The Morgan fingerprint density at radius 2 is 1.88 bits per heavy atom. The van der Waals surface area contributed by atoms with E-state index in [1.54, 1.807) is 43.4 Å². The Hall–Kier alpha value is -2.60. The summed E-state index contributed by atoms with van der Waals surface area (Å²) in [5.74, 6) is -0.219. The molecule has 25 heavy (non-hydrogen) atoms. The van der Waals surface area contributed by atoms with Crippen molar-refractivity contribution in [1.82, 2.24) is 9.88 Å². The van der Waals surface area contributed by atoms with Gasteiger partial charge in [0.25, 0.3) is 5.91 Å². The number of rotatable bonds is 7. The molecule has 0 aliphatic rings. The fraction of sp³-hybridized carbons (Fsp3) is 0.278. The summed E-state index contributed by atoms with van der Waals surface area (Å²) < 4.78 is 10.5. The number of benzene rings is 1. The Balaban J connectivity index is 1.71. The van der Waals surface area contributed by atoms with Crippen LogP contribution in [0.5, 0.6) is 5.75 Å². The molecule has 0 spiro atoms. The Morgan fingerprint density at radius 3 is 2.52 bits per heavy atom. The summed E-state index contributed by atoms with van der Waals surface area (Å²) in [4.78, 5) is 29.3. The van der Waals surface area contributed by atoms with Crippen molar-refractivity contribution in [1.29, 1.82) is 0 Å². The maximum Gasteiger partial charge on any atom is 0.340 e. The molecule has 0 aliphatic carbocycles. The van der Waals surface area contributed by atoms with Gasteiger partial charge in [-0.05, 0) is 43.3 Å². The second-order valence-corrected chi connectivity index (χ2v) is 5.82. The number of halogens is 1. The topological polar surface area (TPSA) is 68.7 Å². The summed E-state index contributed by atoms with van der Waals surface area (Å²) in [5, 5.41) is 0.630. The zero-order valence-corrected chi connectivity index (χ0v) is 14.8. The molecular formula is C18H19ClN2O4. The molecule has 0 radical (unpaired) electrons. The molecule has 0 bridgehead atoms. The van der Waals surface area contributed by atoms with Crippen LogP contribution >= 0.6 is 11.6 Å². The van der Waals surface area contributed by atoms with Crippen molar-refractivity contribution in [2.75, 3.05) is 26.8 Å². The van der Waals surface area contributed by atoms with Gasteiger partial charge in [0, 0.05) is 24.0 Å². The van der Waals surface area contributed by atoms with Crippen molar-refractivity contribution < 1.29 is 19.1 Å². The normalized spacial score (nSPS) is 10.2. The van der Waals surface area contributed by atoms with E-state index >= 15 is 0 Å². The predicted octanol–water partition coefficient (Wildman–Crippen LogP) is 2.74. The van der Waals surface area contributed by atoms with Crippen molar-refractivity contribution in [3.05, 3.63) is 58.9 Å². The Morgan fingerprint density at radius 1 is 1.16 bits per heavy atom. The summed E-state index contributed by atoms with van der Waals surface area (Å²) in [6, 6.07) is 10.3. The smallest absolute Gasteiger partial charge is 0.340 e. The van der Waals surface area contributed by atoms with E-state index < -0.39 is 5.97 Å². The molecule has 2 rings (SSSR count). The lowest BCUT2D eigenvalue weighted by molar-refractivity contribution is -0.133. The average molecular weight is 363 g/mol. The first-order valence-electron chi connectivity index (χ1n) is 7.68. The molecule has 6 nitrogen and oxygen atoms in total. The number of aromatic nitrogens is 1. The van der Waals surface area contributed by atoms with Crippen molar-refractivity contribution in [2.24, 2.45) is 0 Å². The minimum atomic E-state index is -0.577. The molecule has 2 aromatic rings. The molecule has 0 fully saturated rings. The van der Waals surface area contributed by atoms with Gasteiger partial charge in [-0.15, -0.1) is 0 Å². The van der Waals surface area contributed by atoms with Gasteiger partial charge in [0.15, 0.2) is 6.61 Å². The highest BCUT2D eigenvalue weighted by Gasteiger charge is 2.13. The van der Waals surface area contributed by atoms with Gasteiger partial charge in [0.1, 0.15) is 12.4 Å². The molecule has 1 amide bonds. The quantitative estimate of drug-likeness (QED) is 0.708. The first kappa shape index (κ1) is 18.7. The maximum atomic E-state index is 12.0. The van der Waals surface area contributed by atoms with Gasteiger partial charge in [-0.1, -0.05) is 11.6 Å². The number of carbonyl (C=O) groups is 2. The molecule has 0 atom stereocenters. The van der Waals surface area contributed by atoms with Crippen molar-refractivity contribution >= 4 is 23.5 Å². The van der Waals surface area contributed by atoms with E-state index in [0.717, 1.165) is 5.69 Å². The van der Waals surface area contributed by atoms with Gasteiger partial charge in [-0.25, -0.2) is 4.79 Å². The third-order valence-corrected chi connectivity index (χ3v) is 3.66. The van der Waals surface area contributed by atoms with Crippen LogP contribution in [0, 0.1) is 6.92 Å². The number of hydrogen-bond donors (Lipinski definition) is 0. The molecular weight excluding hydrogens is 344 g/mol. The van der Waals surface area contributed by atoms with Gasteiger partial charge in [-0.2, -0.15) is 0 Å². The average Bonchev–Trinajstić information content (AvgIpc) is 2.61. The summed E-state index contributed by atoms with van der Waals surface area (Å²) in [5.41, 5.74) is 1.11. The fourth-order valence-corrected chi connectivity index (χ4v) is 1.99. The van der Waals surface area contributed by atoms with Crippen LogP contribution in [0.25, 0.3) is 0 Å². The van der Waals surface area contributed by atoms with Crippen LogP contribution in [0.3, 0.4) is 0 Å². The number of nitrogens with zero attached hydrogens (tertiary/aromatic N) is 2. The van der Waals surface area contributed by atoms with Crippen molar-refractivity contribution in [3.8, 4) is 5.75 Å². The van der Waals surface area contributed by atoms with E-state index in [4.69, 9.17) is 21.1 Å². The highest BCUT2D eigenvalue weighted by atomic mass is 35.5. The lowest BCUT2D eigenvalue weighted by Crippen LogP contribution is -2.34. The standard InChI is InChI=1S/C18H19ClN2O4/c1-13-3-4-14(11-20-13)18(23)25-12-17(22)21(2)9-10-24-16-7-5-15(19)6-8-16/h3-8,11H,9-10,12H2,1-2H3. The van der Waals surface area contributed by atoms with Gasteiger partial charge in [0.05, 0.1) is 12.1 Å². The third-order valence-electron chi connectivity index (χ3n) is 3.41. The van der Waals surface area contributed by atoms with Gasteiger partial charge < -0.3 is 14.4 Å². The molecule has 1 heterocycles. The molecule has 0 aliphatic heterocycles. The summed E-state index contributed by atoms with van der Waals surface area (Å²) >= 11 is 5.80. The molecule has 1 aromatic carbocycles. The number of ether oxygens (including phenoxy) is 2. The zero-order chi connectivity index (χ0) is 18.2. The monoisotopic (exact) mass is 362 g/mol. The Labute approximate surface area is 151 Å². The van der Waals surface area contributed by atoms with E-state index in [1.165, 1.54) is 11.1 Å². The molecule has 132 valence electrons. The first-order chi connectivity index (χ1) is 12.0. The number of pyridine rings is 1. The van der Waals surface area contributed by atoms with Crippen LogP contribution in [0.4, 0.5) is 0 Å². The lowest BCUT2D eigenvalue weighted by Gasteiger charge is -2.17. The minimum absolute atomic E-state index is 0.312. The molecule has 0 saturated heterocycles. The third kappa shape index (κ3) is 6.08. The summed E-state index contributed by atoms with van der Waals surface area (Å²) in [6.45, 7) is 2.18. The van der Waals surface area contributed by atoms with E-state index in [1.807, 2.05) is 6.92 Å². The van der Waals surface area contributed by atoms with Crippen LogP contribution in [-0.4, -0.2) is 48.6 Å². The number of hydrogen-bond acceptors (Lipinski definition) is 5. The van der Waals surface area contributed by atoms with E-state index in [-0.39, 0.29) is 12.5 Å². The summed E-state index contributed by atoms with van der Waals surface area (Å²) in [6.07, 6.45) is 1.42. The van der Waals surface area contributed by atoms with Crippen LogP contribution in [0.1, 0.15) is 16.1 Å². The molecule has 0 N–H and O–H groups in total. The highest BCUT2D eigenvalue weighted by Crippen LogP contribution is 2.15. The Bertz CT molecular complexity index is 717. The number of esters is 1. The minimum Gasteiger partial charge on any atom is -0.492 e. The second-order valence-electron chi connectivity index (χ2n) is 5.38. The van der Waals surface area contributed by atoms with Crippen LogP contribution < -0.4 is 4.74 Å². The largest absolute Gasteiger partial charge is 0.492 e. The first-order valence-corrected chi connectivity index (χ1v) is 8.05. The van der Waals surface area contributed by atoms with Crippen LogP contribution in [0.2, 0.25) is 5.02 Å². The van der Waals surface area contributed by atoms with Crippen LogP contribution in [0.15, 0.2) is 42.6 Å². The van der Waals surface area contributed by atoms with E-state index in [0.29, 0.717) is 29.5 Å². The molecule has 1 aromatic heterocycles. The SMILES string of the molecule is Cc1ccc(C(=O)OCC(=O)N(C)CCOc2ccc(Cl)cc2)cn1. The zero-order valence-electron chi connectivity index (χ0n) is 14.1. The maximum absolute atomic E-state index is 12.0. The van der Waals surface area contributed by atoms with Crippen molar-refractivity contribution in [3.63, 3.8) is 0 Å². The molecule has 0 saturated carbocycles. The molecule has 7 heteroatoms. The van der Waals surface area contributed by atoms with E-state index in [9.17, 15) is 9.59 Å². The number of aryl methyl sites for hydroxylation is 1. The number of carbonyl (C=O) groups excluding carboxylic acids is 2. The van der Waals surface area contributed by atoms with E-state index in [2.05, 4.69) is 4.98 Å². The van der Waals surface area contributed by atoms with Gasteiger partial charge in [-0.3, -0.25) is 9.78 Å². The predicted molar refractivity (Wildman–Crippen MR) is 93.8 cm³/mol.